The van der Waals surface area contributed by atoms with E-state index in [-0.39, 0.29) is 18.3 Å². The van der Waals surface area contributed by atoms with Crippen molar-refractivity contribution in [3.05, 3.63) is 53.3 Å². The van der Waals surface area contributed by atoms with Crippen LogP contribution in [0.5, 0.6) is 17.2 Å². The van der Waals surface area contributed by atoms with Gasteiger partial charge in [-0.1, -0.05) is 18.2 Å². The van der Waals surface area contributed by atoms with Crippen molar-refractivity contribution in [1.82, 2.24) is 5.32 Å². The van der Waals surface area contributed by atoms with Crippen molar-refractivity contribution in [2.45, 2.75) is 6.54 Å². The van der Waals surface area contributed by atoms with E-state index < -0.39 is 0 Å². The number of halogens is 1. The molecule has 2 aromatic carbocycles. The Bertz CT molecular complexity index is 678. The van der Waals surface area contributed by atoms with Crippen LogP contribution in [0.15, 0.2) is 36.4 Å². The first-order chi connectivity index (χ1) is 11.1. The second-order valence-electron chi connectivity index (χ2n) is 4.69. The summed E-state index contributed by atoms with van der Waals surface area (Å²) < 4.78 is 29.2. The molecule has 0 aliphatic rings. The molecule has 0 saturated heterocycles. The number of carbonyl (C=O) groups excluding carboxylic acids is 1. The molecule has 5 nitrogen and oxygen atoms in total. The van der Waals surface area contributed by atoms with Crippen molar-refractivity contribution in [3.8, 4) is 17.2 Å². The van der Waals surface area contributed by atoms with E-state index in [0.717, 1.165) is 0 Å². The fourth-order valence-electron chi connectivity index (χ4n) is 2.13. The Morgan fingerprint density at radius 1 is 1.04 bits per heavy atom. The van der Waals surface area contributed by atoms with E-state index in [4.69, 9.17) is 14.2 Å². The van der Waals surface area contributed by atoms with Crippen LogP contribution in [0.2, 0.25) is 0 Å². The molecule has 0 unspecified atom stereocenters. The summed E-state index contributed by atoms with van der Waals surface area (Å²) in [5, 5.41) is 2.67. The smallest absolute Gasteiger partial charge is 0.251 e. The van der Waals surface area contributed by atoms with E-state index in [1.54, 1.807) is 18.2 Å². The second-order valence-corrected chi connectivity index (χ2v) is 4.69. The van der Waals surface area contributed by atoms with Crippen molar-refractivity contribution in [3.63, 3.8) is 0 Å². The van der Waals surface area contributed by atoms with Gasteiger partial charge in [-0.2, -0.15) is 0 Å². The zero-order valence-electron chi connectivity index (χ0n) is 13.2. The van der Waals surface area contributed by atoms with Crippen LogP contribution in [0.4, 0.5) is 4.39 Å². The van der Waals surface area contributed by atoms with Crippen molar-refractivity contribution in [1.29, 1.82) is 0 Å². The molecule has 0 spiro atoms. The summed E-state index contributed by atoms with van der Waals surface area (Å²) in [7, 11) is 4.43. The Labute approximate surface area is 134 Å². The molecule has 0 aliphatic carbocycles. The van der Waals surface area contributed by atoms with Gasteiger partial charge >= 0.3 is 0 Å². The van der Waals surface area contributed by atoms with Crippen molar-refractivity contribution in [2.24, 2.45) is 0 Å². The van der Waals surface area contributed by atoms with Gasteiger partial charge in [0.05, 0.1) is 21.3 Å². The maximum atomic E-state index is 13.6. The van der Waals surface area contributed by atoms with E-state index in [9.17, 15) is 9.18 Å². The van der Waals surface area contributed by atoms with Crippen LogP contribution in [0.1, 0.15) is 15.9 Å². The summed E-state index contributed by atoms with van der Waals surface area (Å²) in [6, 6.07) is 9.35. The van der Waals surface area contributed by atoms with E-state index in [0.29, 0.717) is 28.4 Å². The summed E-state index contributed by atoms with van der Waals surface area (Å²) >= 11 is 0. The molecule has 1 amide bonds. The van der Waals surface area contributed by atoms with Crippen LogP contribution < -0.4 is 19.5 Å². The largest absolute Gasteiger partial charge is 0.493 e. The minimum Gasteiger partial charge on any atom is -0.493 e. The zero-order chi connectivity index (χ0) is 16.8. The van der Waals surface area contributed by atoms with Gasteiger partial charge in [0.15, 0.2) is 11.5 Å². The minimum atomic E-state index is -0.368. The molecule has 0 radical (unpaired) electrons. The van der Waals surface area contributed by atoms with Gasteiger partial charge in [0.1, 0.15) is 5.82 Å². The SMILES string of the molecule is COc1cc(C(=O)NCc2ccccc2F)cc(OC)c1OC. The van der Waals surface area contributed by atoms with Crippen LogP contribution in [0.25, 0.3) is 0 Å². The molecule has 0 heterocycles. The molecule has 0 aliphatic heterocycles. The summed E-state index contributed by atoms with van der Waals surface area (Å²) in [4.78, 5) is 12.3. The van der Waals surface area contributed by atoms with Crippen molar-refractivity contribution >= 4 is 5.91 Å². The fraction of sp³-hybridized carbons (Fsp3) is 0.235. The highest BCUT2D eigenvalue weighted by Crippen LogP contribution is 2.38. The molecule has 0 atom stereocenters. The summed E-state index contributed by atoms with van der Waals surface area (Å²) in [5.74, 6) is 0.427. The summed E-state index contributed by atoms with van der Waals surface area (Å²) in [6.45, 7) is 0.0855. The Morgan fingerprint density at radius 3 is 2.17 bits per heavy atom. The Morgan fingerprint density at radius 2 is 1.65 bits per heavy atom. The minimum absolute atomic E-state index is 0.0855. The third kappa shape index (κ3) is 3.71. The average Bonchev–Trinajstić information content (AvgIpc) is 2.59. The van der Waals surface area contributed by atoms with Gasteiger partial charge in [0.25, 0.3) is 5.91 Å². The third-order valence-corrected chi connectivity index (χ3v) is 3.32. The quantitative estimate of drug-likeness (QED) is 0.889. The molecule has 0 bridgehead atoms. The van der Waals surface area contributed by atoms with Gasteiger partial charge in [-0.05, 0) is 18.2 Å². The van der Waals surface area contributed by atoms with Crippen LogP contribution in [0.3, 0.4) is 0 Å². The lowest BCUT2D eigenvalue weighted by Gasteiger charge is -2.14. The molecule has 23 heavy (non-hydrogen) atoms. The number of hydrogen-bond acceptors (Lipinski definition) is 4. The lowest BCUT2D eigenvalue weighted by Crippen LogP contribution is -2.23. The molecule has 0 saturated carbocycles. The molecule has 122 valence electrons. The second kappa shape index (κ2) is 7.49. The number of carbonyl (C=O) groups is 1. The lowest BCUT2D eigenvalue weighted by molar-refractivity contribution is 0.0949. The molecule has 2 rings (SSSR count). The van der Waals surface area contributed by atoms with E-state index in [2.05, 4.69) is 5.32 Å². The molecule has 6 heteroatoms. The van der Waals surface area contributed by atoms with Crippen LogP contribution in [0, 0.1) is 5.82 Å². The monoisotopic (exact) mass is 319 g/mol. The number of ether oxygens (including phenoxy) is 3. The van der Waals surface area contributed by atoms with Gasteiger partial charge in [-0.15, -0.1) is 0 Å². The maximum Gasteiger partial charge on any atom is 0.251 e. The van der Waals surface area contributed by atoms with E-state index in [1.807, 2.05) is 0 Å². The number of rotatable bonds is 6. The first-order valence-corrected chi connectivity index (χ1v) is 6.92. The predicted molar refractivity (Wildman–Crippen MR) is 83.7 cm³/mol. The normalized spacial score (nSPS) is 10.1. The average molecular weight is 319 g/mol. The van der Waals surface area contributed by atoms with Crippen LogP contribution >= 0.6 is 0 Å². The highest BCUT2D eigenvalue weighted by Gasteiger charge is 2.17. The van der Waals surface area contributed by atoms with Crippen molar-refractivity contribution in [2.75, 3.05) is 21.3 Å². The number of nitrogens with one attached hydrogen (secondary N) is 1. The van der Waals surface area contributed by atoms with Gasteiger partial charge in [0, 0.05) is 17.7 Å². The van der Waals surface area contributed by atoms with Crippen molar-refractivity contribution < 1.29 is 23.4 Å². The molecule has 2 aromatic rings. The fourth-order valence-corrected chi connectivity index (χ4v) is 2.13. The predicted octanol–water partition coefficient (Wildman–Crippen LogP) is 2.78. The van der Waals surface area contributed by atoms with E-state index >= 15 is 0 Å². The Hall–Kier alpha value is -2.76. The highest BCUT2D eigenvalue weighted by atomic mass is 19.1. The first kappa shape index (κ1) is 16.6. The number of methoxy groups -OCH3 is 3. The van der Waals surface area contributed by atoms with Gasteiger partial charge in [-0.3, -0.25) is 4.79 Å². The summed E-state index contributed by atoms with van der Waals surface area (Å²) in [6.07, 6.45) is 0. The highest BCUT2D eigenvalue weighted by molar-refractivity contribution is 5.95. The zero-order valence-corrected chi connectivity index (χ0v) is 13.2. The van der Waals surface area contributed by atoms with E-state index in [1.165, 1.54) is 39.5 Å². The number of amides is 1. The standard InChI is InChI=1S/C17H18FNO4/c1-21-14-8-12(9-15(22-2)16(14)23-3)17(20)19-10-11-6-4-5-7-13(11)18/h4-9H,10H2,1-3H3,(H,19,20). The van der Waals surface area contributed by atoms with Gasteiger partial charge in [-0.25, -0.2) is 4.39 Å². The molecular formula is C17H18FNO4. The number of benzene rings is 2. The lowest BCUT2D eigenvalue weighted by atomic mass is 10.1. The number of hydrogen-bond donors (Lipinski definition) is 1. The Kier molecular flexibility index (Phi) is 5.41. The topological polar surface area (TPSA) is 56.8 Å². The molecular weight excluding hydrogens is 301 g/mol. The Balaban J connectivity index is 2.20. The van der Waals surface area contributed by atoms with Gasteiger partial charge in [0.2, 0.25) is 5.75 Å². The maximum absolute atomic E-state index is 13.6. The van der Waals surface area contributed by atoms with Crippen LogP contribution in [-0.4, -0.2) is 27.2 Å². The summed E-state index contributed by atoms with van der Waals surface area (Å²) in [5.41, 5.74) is 0.740. The third-order valence-electron chi connectivity index (χ3n) is 3.32. The molecule has 0 aromatic heterocycles. The van der Waals surface area contributed by atoms with Crippen LogP contribution in [-0.2, 0) is 6.54 Å². The first-order valence-electron chi connectivity index (χ1n) is 6.92. The molecule has 0 fully saturated rings. The molecule has 1 N–H and O–H groups in total. The van der Waals surface area contributed by atoms with Gasteiger partial charge < -0.3 is 19.5 Å².